The van der Waals surface area contributed by atoms with E-state index in [-0.39, 0.29) is 0 Å². The third-order valence-electron chi connectivity index (χ3n) is 9.20. The average Bonchev–Trinajstić information content (AvgIpc) is 2.90. The maximum Gasteiger partial charge on any atom is -0.0188 e. The van der Waals surface area contributed by atoms with E-state index in [1.807, 2.05) is 0 Å². The number of hydrogen-bond acceptors (Lipinski definition) is 0. The average molecular weight is 457 g/mol. The molecule has 4 rings (SSSR count). The summed E-state index contributed by atoms with van der Waals surface area (Å²) in [5.74, 6) is 4.69. The highest BCUT2D eigenvalue weighted by molar-refractivity contribution is 5.23. The molecule has 0 aliphatic heterocycles. The van der Waals surface area contributed by atoms with Crippen LogP contribution in [0, 0.1) is 23.7 Å². The highest BCUT2D eigenvalue weighted by Gasteiger charge is 2.31. The smallest absolute Gasteiger partial charge is 0.0188 e. The standard InChI is InChI=1S/C34H48/c1-3-4-6-9-28-12-14-29(15-13-28)16-17-30-18-22-33(23-19-30)34-24-20-31(21-25-34)26-27(2)32-10-7-5-8-11-32/h3-5,7-8,10-15,27,30-31,33-34H,6,9,16-26H2,1-2H3/t27-,30?,31?,33?,34?/m0/s1. The van der Waals surface area contributed by atoms with E-state index in [1.54, 1.807) is 5.56 Å². The summed E-state index contributed by atoms with van der Waals surface area (Å²) in [6.45, 7) is 4.54. The van der Waals surface area contributed by atoms with Crippen LogP contribution in [0.25, 0.3) is 0 Å². The maximum atomic E-state index is 2.43. The first-order valence-electron chi connectivity index (χ1n) is 14.4. The van der Waals surface area contributed by atoms with Crippen molar-refractivity contribution in [3.63, 3.8) is 0 Å². The van der Waals surface area contributed by atoms with Gasteiger partial charge in [-0.3, -0.25) is 0 Å². The fraction of sp³-hybridized carbons (Fsp3) is 0.588. The van der Waals surface area contributed by atoms with Crippen LogP contribution in [-0.4, -0.2) is 0 Å². The molecule has 0 radical (unpaired) electrons. The summed E-state index contributed by atoms with van der Waals surface area (Å²) in [4.78, 5) is 0. The zero-order valence-corrected chi connectivity index (χ0v) is 21.9. The monoisotopic (exact) mass is 456 g/mol. The van der Waals surface area contributed by atoms with Gasteiger partial charge in [-0.05, 0) is 111 Å². The number of allylic oxidation sites excluding steroid dienone is 2. The Morgan fingerprint density at radius 1 is 0.706 bits per heavy atom. The topological polar surface area (TPSA) is 0 Å². The molecule has 2 fully saturated rings. The molecule has 0 aromatic heterocycles. The molecule has 2 aromatic carbocycles. The Labute approximate surface area is 210 Å². The molecule has 0 N–H and O–H groups in total. The second-order valence-corrected chi connectivity index (χ2v) is 11.6. The molecule has 1 atom stereocenters. The minimum atomic E-state index is 0.715. The van der Waals surface area contributed by atoms with Gasteiger partial charge in [0.25, 0.3) is 0 Å². The molecule has 0 saturated heterocycles. The molecule has 0 nitrogen and oxygen atoms in total. The molecule has 184 valence electrons. The van der Waals surface area contributed by atoms with Gasteiger partial charge in [0.2, 0.25) is 0 Å². The quantitative estimate of drug-likeness (QED) is 0.312. The zero-order valence-electron chi connectivity index (χ0n) is 21.9. The van der Waals surface area contributed by atoms with Crippen molar-refractivity contribution in [1.29, 1.82) is 0 Å². The molecule has 2 aliphatic carbocycles. The number of rotatable bonds is 10. The van der Waals surface area contributed by atoms with E-state index in [2.05, 4.69) is 80.6 Å². The minimum absolute atomic E-state index is 0.715. The fourth-order valence-electron chi connectivity index (χ4n) is 6.92. The molecule has 0 spiro atoms. The van der Waals surface area contributed by atoms with Crippen molar-refractivity contribution in [2.24, 2.45) is 23.7 Å². The SMILES string of the molecule is CC=CCCc1ccc(CCC2CCC(C3CCC(C[C@H](C)c4ccccc4)CC3)CC2)cc1. The Balaban J connectivity index is 1.12. The summed E-state index contributed by atoms with van der Waals surface area (Å²) in [6.07, 6.45) is 22.7. The molecule has 34 heavy (non-hydrogen) atoms. The predicted octanol–water partition coefficient (Wildman–Crippen LogP) is 9.93. The molecular formula is C34H48. The van der Waals surface area contributed by atoms with Gasteiger partial charge in [-0.15, -0.1) is 0 Å². The van der Waals surface area contributed by atoms with Gasteiger partial charge in [0, 0.05) is 0 Å². The van der Waals surface area contributed by atoms with Gasteiger partial charge < -0.3 is 0 Å². The van der Waals surface area contributed by atoms with Crippen molar-refractivity contribution in [3.8, 4) is 0 Å². The third-order valence-corrected chi connectivity index (χ3v) is 9.20. The number of aryl methyl sites for hydroxylation is 2. The predicted molar refractivity (Wildman–Crippen MR) is 148 cm³/mol. The van der Waals surface area contributed by atoms with Gasteiger partial charge in [0.1, 0.15) is 0 Å². The molecule has 2 aromatic rings. The van der Waals surface area contributed by atoms with E-state index >= 15 is 0 Å². The first-order chi connectivity index (χ1) is 16.7. The van der Waals surface area contributed by atoms with Crippen molar-refractivity contribution >= 4 is 0 Å². The summed E-state index contributed by atoms with van der Waals surface area (Å²) < 4.78 is 0. The van der Waals surface area contributed by atoms with Crippen LogP contribution in [0.5, 0.6) is 0 Å². The lowest BCUT2D eigenvalue weighted by atomic mass is 9.67. The lowest BCUT2D eigenvalue weighted by Gasteiger charge is -2.38. The summed E-state index contributed by atoms with van der Waals surface area (Å²) in [6, 6.07) is 20.6. The molecule has 0 unspecified atom stereocenters. The van der Waals surface area contributed by atoms with Crippen LogP contribution >= 0.6 is 0 Å². The first kappa shape index (κ1) is 25.3. The second kappa shape index (κ2) is 13.3. The van der Waals surface area contributed by atoms with Gasteiger partial charge in [-0.1, -0.05) is 99.4 Å². The third kappa shape index (κ3) is 7.59. The Kier molecular flexibility index (Phi) is 9.90. The van der Waals surface area contributed by atoms with E-state index in [0.29, 0.717) is 5.92 Å². The lowest BCUT2D eigenvalue weighted by Crippen LogP contribution is -2.26. The van der Waals surface area contributed by atoms with Crippen molar-refractivity contribution in [3.05, 3.63) is 83.4 Å². The zero-order chi connectivity index (χ0) is 23.6. The Morgan fingerprint density at radius 3 is 1.85 bits per heavy atom. The Hall–Kier alpha value is -1.82. The minimum Gasteiger partial charge on any atom is -0.0917 e. The van der Waals surface area contributed by atoms with Gasteiger partial charge >= 0.3 is 0 Å². The van der Waals surface area contributed by atoms with E-state index in [0.717, 1.165) is 30.1 Å². The van der Waals surface area contributed by atoms with Gasteiger partial charge in [0.05, 0.1) is 0 Å². The summed E-state index contributed by atoms with van der Waals surface area (Å²) in [5.41, 5.74) is 4.55. The van der Waals surface area contributed by atoms with Crippen LogP contribution in [0.2, 0.25) is 0 Å². The van der Waals surface area contributed by atoms with E-state index in [4.69, 9.17) is 0 Å². The Morgan fingerprint density at radius 2 is 1.26 bits per heavy atom. The highest BCUT2D eigenvalue weighted by atomic mass is 14.4. The molecule has 0 heterocycles. The normalized spacial score (nSPS) is 26.5. The molecular weight excluding hydrogens is 408 g/mol. The summed E-state index contributed by atoms with van der Waals surface area (Å²) >= 11 is 0. The van der Waals surface area contributed by atoms with Crippen molar-refractivity contribution in [1.82, 2.24) is 0 Å². The van der Waals surface area contributed by atoms with Crippen LogP contribution in [0.1, 0.15) is 107 Å². The largest absolute Gasteiger partial charge is 0.0917 e. The maximum absolute atomic E-state index is 2.43. The van der Waals surface area contributed by atoms with Crippen molar-refractivity contribution in [2.45, 2.75) is 103 Å². The second-order valence-electron chi connectivity index (χ2n) is 11.6. The molecule has 2 saturated carbocycles. The van der Waals surface area contributed by atoms with Gasteiger partial charge in [0.15, 0.2) is 0 Å². The summed E-state index contributed by atoms with van der Waals surface area (Å²) in [5, 5.41) is 0. The van der Waals surface area contributed by atoms with Crippen molar-refractivity contribution < 1.29 is 0 Å². The number of benzene rings is 2. The van der Waals surface area contributed by atoms with Crippen LogP contribution < -0.4 is 0 Å². The van der Waals surface area contributed by atoms with Gasteiger partial charge in [-0.2, -0.15) is 0 Å². The molecule has 2 aliphatic rings. The van der Waals surface area contributed by atoms with E-state index in [9.17, 15) is 0 Å². The molecule has 0 heteroatoms. The van der Waals surface area contributed by atoms with E-state index < -0.39 is 0 Å². The van der Waals surface area contributed by atoms with Crippen LogP contribution in [-0.2, 0) is 12.8 Å². The lowest BCUT2D eigenvalue weighted by molar-refractivity contribution is 0.139. The van der Waals surface area contributed by atoms with Crippen LogP contribution in [0.15, 0.2) is 66.7 Å². The molecule has 0 amide bonds. The summed E-state index contributed by atoms with van der Waals surface area (Å²) in [7, 11) is 0. The fourth-order valence-corrected chi connectivity index (χ4v) is 6.92. The Bertz CT molecular complexity index is 829. The number of hydrogen-bond donors (Lipinski definition) is 0. The highest BCUT2D eigenvalue weighted by Crippen LogP contribution is 2.43. The first-order valence-corrected chi connectivity index (χ1v) is 14.4. The van der Waals surface area contributed by atoms with Crippen LogP contribution in [0.3, 0.4) is 0 Å². The van der Waals surface area contributed by atoms with Crippen molar-refractivity contribution in [2.75, 3.05) is 0 Å². The van der Waals surface area contributed by atoms with Gasteiger partial charge in [-0.25, -0.2) is 0 Å². The molecule has 0 bridgehead atoms. The van der Waals surface area contributed by atoms with E-state index in [1.165, 1.54) is 88.2 Å². The van der Waals surface area contributed by atoms with Crippen LogP contribution in [0.4, 0.5) is 0 Å².